The minimum Gasteiger partial charge on any atom is -0.394 e. The highest BCUT2D eigenvalue weighted by atomic mass is 16.7. The normalized spacial score (nSPS) is 10.9. The van der Waals surface area contributed by atoms with E-state index in [1.807, 2.05) is 0 Å². The van der Waals surface area contributed by atoms with Crippen LogP contribution >= 0.6 is 0 Å². The smallest absolute Gasteiger partial charge is 0.0916 e. The third-order valence-corrected chi connectivity index (χ3v) is 1.66. The van der Waals surface area contributed by atoms with Crippen molar-refractivity contribution in [2.45, 2.75) is 0 Å². The summed E-state index contributed by atoms with van der Waals surface area (Å²) in [7, 11) is 0. The maximum absolute atomic E-state index is 8.43. The monoisotopic (exact) mass is 252 g/mol. The van der Waals surface area contributed by atoms with Crippen molar-refractivity contribution in [1.82, 2.24) is 5.48 Å². The Hall–Kier alpha value is -0.280. The van der Waals surface area contributed by atoms with Crippen LogP contribution in [0.4, 0.5) is 0 Å². The lowest BCUT2D eigenvalue weighted by Crippen LogP contribution is -2.24. The highest BCUT2D eigenvalue weighted by Crippen LogP contribution is 1.81. The van der Waals surface area contributed by atoms with Gasteiger partial charge in [0.1, 0.15) is 0 Å². The maximum atomic E-state index is 8.43. The van der Waals surface area contributed by atoms with Crippen molar-refractivity contribution in [2.24, 2.45) is 5.73 Å². The summed E-state index contributed by atoms with van der Waals surface area (Å²) in [6.07, 6.45) is 0. The van der Waals surface area contributed by atoms with Gasteiger partial charge in [0.2, 0.25) is 0 Å². The Labute approximate surface area is 102 Å². The first-order valence-electron chi connectivity index (χ1n) is 5.80. The van der Waals surface area contributed by atoms with Crippen molar-refractivity contribution >= 4 is 0 Å². The Kier molecular flexibility index (Phi) is 15.5. The van der Waals surface area contributed by atoms with Crippen molar-refractivity contribution in [1.29, 1.82) is 0 Å². The van der Waals surface area contributed by atoms with E-state index in [-0.39, 0.29) is 6.61 Å². The van der Waals surface area contributed by atoms with Crippen LogP contribution in [0.25, 0.3) is 0 Å². The molecular formula is C10H24N2O5. The SMILES string of the molecule is NCCNOCCOCCOCCOCCO. The fourth-order valence-electron chi connectivity index (χ4n) is 0.910. The molecule has 0 aliphatic carbocycles. The number of rotatable bonds is 14. The second kappa shape index (κ2) is 15.7. The molecule has 0 rings (SSSR count). The van der Waals surface area contributed by atoms with Gasteiger partial charge >= 0.3 is 0 Å². The van der Waals surface area contributed by atoms with Gasteiger partial charge in [-0.1, -0.05) is 0 Å². The van der Waals surface area contributed by atoms with E-state index in [9.17, 15) is 0 Å². The molecule has 7 nitrogen and oxygen atoms in total. The number of nitrogens with two attached hydrogens (primary N) is 1. The summed E-state index contributed by atoms with van der Waals surface area (Å²) in [6, 6.07) is 0. The lowest BCUT2D eigenvalue weighted by molar-refractivity contribution is -0.0248. The molecule has 0 radical (unpaired) electrons. The molecule has 0 atom stereocenters. The molecule has 0 saturated carbocycles. The molecule has 0 heterocycles. The van der Waals surface area contributed by atoms with Crippen molar-refractivity contribution in [2.75, 3.05) is 65.9 Å². The van der Waals surface area contributed by atoms with Crippen LogP contribution in [0.2, 0.25) is 0 Å². The van der Waals surface area contributed by atoms with Gasteiger partial charge in [0, 0.05) is 13.1 Å². The van der Waals surface area contributed by atoms with Gasteiger partial charge in [-0.15, -0.1) is 0 Å². The van der Waals surface area contributed by atoms with E-state index in [1.165, 1.54) is 0 Å². The fraction of sp³-hybridized carbons (Fsp3) is 1.00. The Balaban J connectivity index is 2.85. The van der Waals surface area contributed by atoms with E-state index in [0.29, 0.717) is 59.3 Å². The molecule has 0 aliphatic rings. The van der Waals surface area contributed by atoms with Crippen molar-refractivity contribution in [3.05, 3.63) is 0 Å². The Bertz CT molecular complexity index is 126. The fourth-order valence-corrected chi connectivity index (χ4v) is 0.910. The van der Waals surface area contributed by atoms with Gasteiger partial charge in [0.15, 0.2) is 0 Å². The molecule has 104 valence electrons. The molecule has 0 aliphatic heterocycles. The molecule has 4 N–H and O–H groups in total. The average molecular weight is 252 g/mol. The van der Waals surface area contributed by atoms with Crippen LogP contribution in [-0.4, -0.2) is 71.1 Å². The van der Waals surface area contributed by atoms with Crippen LogP contribution in [0.5, 0.6) is 0 Å². The van der Waals surface area contributed by atoms with Gasteiger partial charge in [-0.25, -0.2) is 5.48 Å². The summed E-state index contributed by atoms with van der Waals surface area (Å²) in [5, 5.41) is 8.43. The highest BCUT2D eigenvalue weighted by Gasteiger charge is 1.91. The lowest BCUT2D eigenvalue weighted by Gasteiger charge is -2.07. The lowest BCUT2D eigenvalue weighted by atomic mass is 10.7. The van der Waals surface area contributed by atoms with Gasteiger partial charge in [-0.05, 0) is 0 Å². The van der Waals surface area contributed by atoms with E-state index < -0.39 is 0 Å². The molecule has 17 heavy (non-hydrogen) atoms. The number of aliphatic hydroxyl groups is 1. The van der Waals surface area contributed by atoms with Crippen LogP contribution < -0.4 is 11.2 Å². The molecule has 0 amide bonds. The number of hydrogen-bond acceptors (Lipinski definition) is 7. The molecule has 0 aromatic rings. The van der Waals surface area contributed by atoms with Crippen LogP contribution in [-0.2, 0) is 19.0 Å². The number of ether oxygens (including phenoxy) is 3. The van der Waals surface area contributed by atoms with E-state index in [1.54, 1.807) is 0 Å². The summed E-state index contributed by atoms with van der Waals surface area (Å²) < 4.78 is 15.5. The van der Waals surface area contributed by atoms with E-state index >= 15 is 0 Å². The third-order valence-electron chi connectivity index (χ3n) is 1.66. The molecule has 0 fully saturated rings. The Morgan fingerprint density at radius 3 is 1.88 bits per heavy atom. The molecular weight excluding hydrogens is 228 g/mol. The van der Waals surface area contributed by atoms with Gasteiger partial charge in [0.25, 0.3) is 0 Å². The zero-order chi connectivity index (χ0) is 12.6. The van der Waals surface area contributed by atoms with Crippen molar-refractivity contribution < 1.29 is 24.2 Å². The molecule has 0 aromatic heterocycles. The minimum absolute atomic E-state index is 0.0430. The van der Waals surface area contributed by atoms with E-state index in [4.69, 9.17) is 29.9 Å². The molecule has 0 bridgehead atoms. The third kappa shape index (κ3) is 15.7. The average Bonchev–Trinajstić information content (AvgIpc) is 2.35. The summed E-state index contributed by atoms with van der Waals surface area (Å²) in [5.74, 6) is 0. The van der Waals surface area contributed by atoms with Crippen molar-refractivity contribution in [3.63, 3.8) is 0 Å². The van der Waals surface area contributed by atoms with Gasteiger partial charge in [-0.3, -0.25) is 4.84 Å². The highest BCUT2D eigenvalue weighted by molar-refractivity contribution is 4.35. The first-order chi connectivity index (χ1) is 8.41. The summed E-state index contributed by atoms with van der Waals surface area (Å²) in [4.78, 5) is 5.01. The second-order valence-corrected chi connectivity index (χ2v) is 3.09. The van der Waals surface area contributed by atoms with E-state index in [0.717, 1.165) is 0 Å². The Morgan fingerprint density at radius 2 is 1.35 bits per heavy atom. The molecule has 0 unspecified atom stereocenters. The van der Waals surface area contributed by atoms with E-state index in [2.05, 4.69) is 5.48 Å². The van der Waals surface area contributed by atoms with Crippen LogP contribution in [0.1, 0.15) is 0 Å². The summed E-state index contributed by atoms with van der Waals surface area (Å²) >= 11 is 0. The van der Waals surface area contributed by atoms with Gasteiger partial charge in [0.05, 0.1) is 52.9 Å². The molecule has 0 aromatic carbocycles. The number of aliphatic hydroxyl groups excluding tert-OH is 1. The largest absolute Gasteiger partial charge is 0.394 e. The standard InChI is InChI=1S/C10H24N2O5/c11-1-2-12-17-10-9-16-8-7-15-6-5-14-4-3-13/h12-13H,1-11H2. The maximum Gasteiger partial charge on any atom is 0.0916 e. The number of hydroxylamine groups is 1. The minimum atomic E-state index is 0.0430. The quantitative estimate of drug-likeness (QED) is 0.256. The predicted molar refractivity (Wildman–Crippen MR) is 62.6 cm³/mol. The number of nitrogens with one attached hydrogen (secondary N) is 1. The van der Waals surface area contributed by atoms with Crippen LogP contribution in [0, 0.1) is 0 Å². The predicted octanol–water partition coefficient (Wildman–Crippen LogP) is -1.49. The molecule has 0 saturated heterocycles. The topological polar surface area (TPSA) is 95.2 Å². The second-order valence-electron chi connectivity index (χ2n) is 3.09. The van der Waals surface area contributed by atoms with Gasteiger partial charge in [-0.2, -0.15) is 0 Å². The summed E-state index contributed by atoms with van der Waals surface area (Å²) in [5.41, 5.74) is 7.95. The number of hydrogen-bond donors (Lipinski definition) is 3. The van der Waals surface area contributed by atoms with Crippen LogP contribution in [0.15, 0.2) is 0 Å². The Morgan fingerprint density at radius 1 is 0.824 bits per heavy atom. The zero-order valence-electron chi connectivity index (χ0n) is 10.2. The first kappa shape index (κ1) is 16.7. The van der Waals surface area contributed by atoms with Gasteiger partial charge < -0.3 is 25.1 Å². The van der Waals surface area contributed by atoms with Crippen molar-refractivity contribution in [3.8, 4) is 0 Å². The molecule has 7 heteroatoms. The zero-order valence-corrected chi connectivity index (χ0v) is 10.2. The summed E-state index contributed by atoms with van der Waals surface area (Å²) in [6.45, 7) is 4.64. The van der Waals surface area contributed by atoms with Crippen LogP contribution in [0.3, 0.4) is 0 Å². The molecule has 0 spiro atoms. The first-order valence-corrected chi connectivity index (χ1v) is 5.80.